The van der Waals surface area contributed by atoms with Crippen molar-refractivity contribution < 1.29 is 4.79 Å². The Kier molecular flexibility index (Phi) is 4.73. The van der Waals surface area contributed by atoms with Crippen LogP contribution in [0, 0.1) is 12.8 Å². The Bertz CT molecular complexity index is 756. The lowest BCUT2D eigenvalue weighted by Crippen LogP contribution is -2.22. The average Bonchev–Trinajstić information content (AvgIpc) is 3.15. The van der Waals surface area contributed by atoms with Gasteiger partial charge < -0.3 is 0 Å². The number of fused-ring (bicyclic) bond motifs is 1. The topological polar surface area (TPSA) is 59.8 Å². The lowest BCUT2D eigenvalue weighted by Gasteiger charge is -2.28. The summed E-state index contributed by atoms with van der Waals surface area (Å²) in [5, 5.41) is 3.07. The molecule has 0 spiro atoms. The molecule has 134 valence electrons. The molecule has 2 aromatic rings. The van der Waals surface area contributed by atoms with Crippen molar-refractivity contribution >= 4 is 23.0 Å². The molecule has 0 saturated heterocycles. The summed E-state index contributed by atoms with van der Waals surface area (Å²) >= 11 is 0. The summed E-state index contributed by atoms with van der Waals surface area (Å²) in [4.78, 5) is 21.7. The van der Waals surface area contributed by atoms with E-state index in [9.17, 15) is 4.79 Å². The van der Waals surface area contributed by atoms with E-state index >= 15 is 0 Å². The van der Waals surface area contributed by atoms with Gasteiger partial charge in [0.25, 0.3) is 0 Å². The number of amides is 1. The minimum Gasteiger partial charge on any atom is -0.296 e. The Balaban J connectivity index is 1.45. The molecule has 2 heterocycles. The van der Waals surface area contributed by atoms with Crippen LogP contribution in [0.3, 0.4) is 0 Å². The number of hydrogen-bond donors (Lipinski definition) is 1. The van der Waals surface area contributed by atoms with Crippen molar-refractivity contribution in [3.63, 3.8) is 0 Å². The molecule has 2 aliphatic rings. The molecule has 0 unspecified atom stereocenters. The van der Waals surface area contributed by atoms with Crippen LogP contribution < -0.4 is 5.32 Å². The van der Waals surface area contributed by atoms with Crippen LogP contribution in [0.25, 0.3) is 11.2 Å². The third-order valence-corrected chi connectivity index (χ3v) is 5.86. The predicted octanol–water partition coefficient (Wildman–Crippen LogP) is 4.76. The number of nitrogens with zero attached hydrogens (tertiary/aromatic N) is 3. The minimum atomic E-state index is 0.0885. The maximum Gasteiger partial charge on any atom is 0.226 e. The van der Waals surface area contributed by atoms with Gasteiger partial charge in [-0.15, -0.1) is 0 Å². The Morgan fingerprint density at radius 1 is 1.16 bits per heavy atom. The van der Waals surface area contributed by atoms with Crippen molar-refractivity contribution in [3.05, 3.63) is 17.8 Å². The lowest BCUT2D eigenvalue weighted by atomic mass is 9.93. The molecule has 2 saturated carbocycles. The molecule has 1 amide bonds. The lowest BCUT2D eigenvalue weighted by molar-refractivity contribution is -0.116. The van der Waals surface area contributed by atoms with Gasteiger partial charge in [-0.1, -0.05) is 25.7 Å². The van der Waals surface area contributed by atoms with Crippen molar-refractivity contribution in [1.29, 1.82) is 0 Å². The van der Waals surface area contributed by atoms with Gasteiger partial charge in [0.05, 0.1) is 0 Å². The van der Waals surface area contributed by atoms with Gasteiger partial charge in [0.1, 0.15) is 5.52 Å². The first kappa shape index (κ1) is 16.6. The molecule has 0 aliphatic heterocycles. The monoisotopic (exact) mass is 340 g/mol. The quantitative estimate of drug-likeness (QED) is 0.824. The van der Waals surface area contributed by atoms with Crippen molar-refractivity contribution in [3.8, 4) is 0 Å². The normalized spacial score (nSPS) is 18.6. The molecule has 1 N–H and O–H groups in total. The highest BCUT2D eigenvalue weighted by Gasteiger charge is 2.26. The van der Waals surface area contributed by atoms with Gasteiger partial charge in [0, 0.05) is 18.2 Å². The highest BCUT2D eigenvalue weighted by atomic mass is 16.1. The maximum absolute atomic E-state index is 12.4. The number of rotatable bonds is 6. The predicted molar refractivity (Wildman–Crippen MR) is 99.6 cm³/mol. The summed E-state index contributed by atoms with van der Waals surface area (Å²) in [5.74, 6) is 1.62. The fourth-order valence-electron chi connectivity index (χ4n) is 4.18. The van der Waals surface area contributed by atoms with Crippen LogP contribution in [0.4, 0.5) is 5.95 Å². The average molecular weight is 340 g/mol. The van der Waals surface area contributed by atoms with Crippen LogP contribution in [0.2, 0.25) is 0 Å². The number of aromatic nitrogens is 3. The molecular weight excluding hydrogens is 312 g/mol. The fraction of sp³-hybridized carbons (Fsp3) is 0.650. The van der Waals surface area contributed by atoms with Gasteiger partial charge in [-0.05, 0) is 57.1 Å². The zero-order valence-electron chi connectivity index (χ0n) is 15.1. The number of hydrogen-bond acceptors (Lipinski definition) is 3. The summed E-state index contributed by atoms with van der Waals surface area (Å²) in [5.41, 5.74) is 2.77. The molecule has 0 bridgehead atoms. The zero-order valence-corrected chi connectivity index (χ0v) is 15.1. The number of carbonyl (C=O) groups is 1. The Labute approximate surface area is 149 Å². The van der Waals surface area contributed by atoms with E-state index in [1.165, 1.54) is 38.5 Å². The van der Waals surface area contributed by atoms with E-state index in [1.54, 1.807) is 0 Å². The molecule has 0 radical (unpaired) electrons. The maximum atomic E-state index is 12.4. The third-order valence-electron chi connectivity index (χ3n) is 5.86. The molecule has 2 aromatic heterocycles. The number of pyridine rings is 1. The van der Waals surface area contributed by atoms with Gasteiger partial charge in [-0.25, -0.2) is 9.97 Å². The van der Waals surface area contributed by atoms with Crippen LogP contribution in [-0.4, -0.2) is 20.4 Å². The van der Waals surface area contributed by atoms with E-state index in [0.29, 0.717) is 18.4 Å². The van der Waals surface area contributed by atoms with Crippen LogP contribution in [0.1, 0.15) is 75.9 Å². The van der Waals surface area contributed by atoms with Crippen molar-refractivity contribution in [1.82, 2.24) is 14.5 Å². The van der Waals surface area contributed by atoms with Crippen molar-refractivity contribution in [2.75, 3.05) is 5.32 Å². The largest absolute Gasteiger partial charge is 0.296 e. The number of imidazole rings is 1. The molecule has 4 rings (SSSR count). The zero-order chi connectivity index (χ0) is 17.2. The van der Waals surface area contributed by atoms with Gasteiger partial charge in [0.2, 0.25) is 11.9 Å². The summed E-state index contributed by atoms with van der Waals surface area (Å²) in [6.07, 6.45) is 11.7. The first-order valence-electron chi connectivity index (χ1n) is 9.86. The molecule has 2 fully saturated rings. The molecule has 5 heteroatoms. The number of aryl methyl sites for hydroxylation is 1. The third kappa shape index (κ3) is 3.55. The summed E-state index contributed by atoms with van der Waals surface area (Å²) in [6, 6.07) is 4.41. The first-order chi connectivity index (χ1) is 12.2. The molecule has 25 heavy (non-hydrogen) atoms. The summed E-state index contributed by atoms with van der Waals surface area (Å²) in [6.45, 7) is 2.00. The van der Waals surface area contributed by atoms with Gasteiger partial charge in [0.15, 0.2) is 5.65 Å². The molecule has 5 nitrogen and oxygen atoms in total. The standard InChI is InChI=1S/C20H28N4O/c1-14-12-13-17-19(21-14)24(16-9-5-10-16)20(22-17)23-18(25)11-4-8-15-6-2-3-7-15/h12-13,15-16H,2-11H2,1H3,(H,22,23,25). The van der Waals surface area contributed by atoms with Crippen molar-refractivity contribution in [2.45, 2.75) is 77.2 Å². The number of anilines is 1. The molecule has 2 aliphatic carbocycles. The van der Waals surface area contributed by atoms with Crippen molar-refractivity contribution in [2.24, 2.45) is 5.92 Å². The Hall–Kier alpha value is -1.91. The van der Waals surface area contributed by atoms with Crippen LogP contribution >= 0.6 is 0 Å². The minimum absolute atomic E-state index is 0.0885. The number of carbonyl (C=O) groups excluding carboxylic acids is 1. The van der Waals surface area contributed by atoms with E-state index in [0.717, 1.165) is 42.0 Å². The molecular formula is C20H28N4O. The summed E-state index contributed by atoms with van der Waals surface area (Å²) in [7, 11) is 0. The second-order valence-corrected chi connectivity index (χ2v) is 7.78. The fourth-order valence-corrected chi connectivity index (χ4v) is 4.18. The molecule has 0 aromatic carbocycles. The van der Waals surface area contributed by atoms with Gasteiger partial charge >= 0.3 is 0 Å². The van der Waals surface area contributed by atoms with E-state index in [1.807, 2.05) is 19.1 Å². The Morgan fingerprint density at radius 2 is 1.96 bits per heavy atom. The second kappa shape index (κ2) is 7.14. The van der Waals surface area contributed by atoms with Gasteiger partial charge in [-0.2, -0.15) is 0 Å². The van der Waals surface area contributed by atoms with E-state index in [2.05, 4.69) is 19.9 Å². The van der Waals surface area contributed by atoms with E-state index in [-0.39, 0.29) is 5.91 Å². The first-order valence-corrected chi connectivity index (χ1v) is 9.86. The number of nitrogens with one attached hydrogen (secondary N) is 1. The SMILES string of the molecule is Cc1ccc2nc(NC(=O)CCCC3CCCC3)n(C3CCC3)c2n1. The second-order valence-electron chi connectivity index (χ2n) is 7.78. The van der Waals surface area contributed by atoms with Gasteiger partial charge in [-0.3, -0.25) is 14.7 Å². The van der Waals surface area contributed by atoms with Crippen LogP contribution in [0.5, 0.6) is 0 Å². The Morgan fingerprint density at radius 3 is 2.68 bits per heavy atom. The van der Waals surface area contributed by atoms with Crippen LogP contribution in [0.15, 0.2) is 12.1 Å². The highest BCUT2D eigenvalue weighted by molar-refractivity contribution is 5.91. The van der Waals surface area contributed by atoms with Crippen LogP contribution in [-0.2, 0) is 4.79 Å². The van der Waals surface area contributed by atoms with E-state index < -0.39 is 0 Å². The highest BCUT2D eigenvalue weighted by Crippen LogP contribution is 2.36. The molecule has 0 atom stereocenters. The van der Waals surface area contributed by atoms with E-state index in [4.69, 9.17) is 0 Å². The summed E-state index contributed by atoms with van der Waals surface area (Å²) < 4.78 is 2.15. The smallest absolute Gasteiger partial charge is 0.226 e.